The Labute approximate surface area is 147 Å². The highest BCUT2D eigenvalue weighted by molar-refractivity contribution is 5.94. The molecule has 1 aromatic rings. The Morgan fingerprint density at radius 2 is 2.16 bits per heavy atom. The standard InChI is InChI=1S/C19H26N2O4/c20-17(23)11-25-16-4-1-3-15(9-16)18(24)21-8-2-7-19(12-21,13-22)10-14-5-6-14/h1,3-4,9,14,22H,2,5-8,10-13H2,(H2,20,23). The van der Waals surface area contributed by atoms with Gasteiger partial charge in [-0.2, -0.15) is 0 Å². The summed E-state index contributed by atoms with van der Waals surface area (Å²) in [7, 11) is 0. The van der Waals surface area contributed by atoms with Crippen LogP contribution in [0.1, 0.15) is 42.5 Å². The lowest BCUT2D eigenvalue weighted by Gasteiger charge is -2.42. The largest absolute Gasteiger partial charge is 0.484 e. The van der Waals surface area contributed by atoms with Gasteiger partial charge in [0.05, 0.1) is 6.61 Å². The highest BCUT2D eigenvalue weighted by atomic mass is 16.5. The van der Waals surface area contributed by atoms with E-state index in [0.29, 0.717) is 30.3 Å². The minimum absolute atomic E-state index is 0.0575. The van der Waals surface area contributed by atoms with Gasteiger partial charge in [0.1, 0.15) is 5.75 Å². The summed E-state index contributed by atoms with van der Waals surface area (Å²) in [6.07, 6.45) is 5.39. The van der Waals surface area contributed by atoms with E-state index >= 15 is 0 Å². The van der Waals surface area contributed by atoms with Gasteiger partial charge in [0.2, 0.25) is 0 Å². The third kappa shape index (κ3) is 4.51. The molecule has 0 radical (unpaired) electrons. The molecule has 1 aromatic carbocycles. The number of carbonyl (C=O) groups is 2. The SMILES string of the molecule is NC(=O)COc1cccc(C(=O)N2CCCC(CO)(CC3CC3)C2)c1. The minimum Gasteiger partial charge on any atom is -0.484 e. The molecular weight excluding hydrogens is 320 g/mol. The molecular formula is C19H26N2O4. The van der Waals surface area contributed by atoms with Crippen molar-refractivity contribution in [1.29, 1.82) is 0 Å². The summed E-state index contributed by atoms with van der Waals surface area (Å²) >= 11 is 0. The fraction of sp³-hybridized carbons (Fsp3) is 0.579. The molecule has 1 unspecified atom stereocenters. The van der Waals surface area contributed by atoms with Gasteiger partial charge in [-0.15, -0.1) is 0 Å². The molecule has 2 amide bonds. The molecule has 2 aliphatic rings. The molecule has 1 aliphatic carbocycles. The highest BCUT2D eigenvalue weighted by Gasteiger charge is 2.41. The number of hydrogen-bond donors (Lipinski definition) is 2. The van der Waals surface area contributed by atoms with Crippen molar-refractivity contribution in [2.75, 3.05) is 26.3 Å². The van der Waals surface area contributed by atoms with Gasteiger partial charge in [-0.3, -0.25) is 9.59 Å². The van der Waals surface area contributed by atoms with E-state index in [4.69, 9.17) is 10.5 Å². The number of piperidine rings is 1. The van der Waals surface area contributed by atoms with Crippen molar-refractivity contribution in [3.05, 3.63) is 29.8 Å². The third-order valence-corrected chi connectivity index (χ3v) is 5.16. The molecule has 0 spiro atoms. The van der Waals surface area contributed by atoms with Crippen molar-refractivity contribution < 1.29 is 19.4 Å². The molecule has 3 N–H and O–H groups in total. The van der Waals surface area contributed by atoms with Crippen LogP contribution in [0.4, 0.5) is 0 Å². The first kappa shape index (κ1) is 17.7. The number of rotatable bonds is 7. The summed E-state index contributed by atoms with van der Waals surface area (Å²) in [5.74, 6) is 0.555. The van der Waals surface area contributed by atoms with Crippen LogP contribution >= 0.6 is 0 Å². The van der Waals surface area contributed by atoms with Crippen LogP contribution in [0.3, 0.4) is 0 Å². The lowest BCUT2D eigenvalue weighted by Crippen LogP contribution is -2.48. The summed E-state index contributed by atoms with van der Waals surface area (Å²) in [5, 5.41) is 9.95. The Balaban J connectivity index is 1.69. The van der Waals surface area contributed by atoms with Crippen molar-refractivity contribution in [3.63, 3.8) is 0 Å². The molecule has 3 rings (SSSR count). The van der Waals surface area contributed by atoms with Crippen LogP contribution in [0.25, 0.3) is 0 Å². The topological polar surface area (TPSA) is 92.9 Å². The molecule has 1 aliphatic heterocycles. The molecule has 25 heavy (non-hydrogen) atoms. The molecule has 6 nitrogen and oxygen atoms in total. The predicted molar refractivity (Wildman–Crippen MR) is 93.1 cm³/mol. The van der Waals surface area contributed by atoms with Gasteiger partial charge in [0, 0.05) is 24.1 Å². The van der Waals surface area contributed by atoms with Crippen molar-refractivity contribution in [1.82, 2.24) is 4.90 Å². The summed E-state index contributed by atoms with van der Waals surface area (Å²) in [6, 6.07) is 6.81. The molecule has 1 atom stereocenters. The van der Waals surface area contributed by atoms with E-state index < -0.39 is 5.91 Å². The number of ether oxygens (including phenoxy) is 1. The van der Waals surface area contributed by atoms with E-state index in [1.54, 1.807) is 24.3 Å². The number of benzene rings is 1. The molecule has 1 heterocycles. The number of carbonyl (C=O) groups excluding carboxylic acids is 2. The number of likely N-dealkylation sites (tertiary alicyclic amines) is 1. The molecule has 1 saturated heterocycles. The lowest BCUT2D eigenvalue weighted by molar-refractivity contribution is -0.119. The highest BCUT2D eigenvalue weighted by Crippen LogP contribution is 2.44. The van der Waals surface area contributed by atoms with Gasteiger partial charge < -0.3 is 20.5 Å². The summed E-state index contributed by atoms with van der Waals surface area (Å²) in [5.41, 5.74) is 5.45. The Hall–Kier alpha value is -2.08. The zero-order valence-corrected chi connectivity index (χ0v) is 14.4. The normalized spacial score (nSPS) is 23.3. The second-order valence-corrected chi connectivity index (χ2v) is 7.42. The van der Waals surface area contributed by atoms with E-state index in [1.165, 1.54) is 12.8 Å². The average Bonchev–Trinajstić information content (AvgIpc) is 3.43. The number of primary amides is 1. The minimum atomic E-state index is -0.555. The summed E-state index contributed by atoms with van der Waals surface area (Å²) in [6.45, 7) is 1.23. The smallest absolute Gasteiger partial charge is 0.255 e. The van der Waals surface area contributed by atoms with Crippen molar-refractivity contribution in [3.8, 4) is 5.75 Å². The first-order valence-corrected chi connectivity index (χ1v) is 8.93. The van der Waals surface area contributed by atoms with Gasteiger partial charge >= 0.3 is 0 Å². The van der Waals surface area contributed by atoms with Gasteiger partial charge in [0.25, 0.3) is 11.8 Å². The van der Waals surface area contributed by atoms with Crippen molar-refractivity contribution >= 4 is 11.8 Å². The van der Waals surface area contributed by atoms with Crippen LogP contribution in [0.5, 0.6) is 5.75 Å². The monoisotopic (exact) mass is 346 g/mol. The zero-order valence-electron chi connectivity index (χ0n) is 14.4. The van der Waals surface area contributed by atoms with Crippen LogP contribution in [-0.4, -0.2) is 48.1 Å². The third-order valence-electron chi connectivity index (χ3n) is 5.16. The summed E-state index contributed by atoms with van der Waals surface area (Å²) < 4.78 is 5.28. The quantitative estimate of drug-likeness (QED) is 0.784. The summed E-state index contributed by atoms with van der Waals surface area (Å²) in [4.78, 5) is 25.6. The number of aliphatic hydroxyl groups excluding tert-OH is 1. The number of amides is 2. The molecule has 2 fully saturated rings. The molecule has 0 aromatic heterocycles. The van der Waals surface area contributed by atoms with Gasteiger partial charge in [0.15, 0.2) is 6.61 Å². The van der Waals surface area contributed by atoms with E-state index in [2.05, 4.69) is 0 Å². The lowest BCUT2D eigenvalue weighted by atomic mass is 9.76. The zero-order chi connectivity index (χ0) is 17.9. The van der Waals surface area contributed by atoms with Crippen LogP contribution in [0.2, 0.25) is 0 Å². The molecule has 6 heteroatoms. The second kappa shape index (κ2) is 7.44. The van der Waals surface area contributed by atoms with E-state index in [-0.39, 0.29) is 24.5 Å². The average molecular weight is 346 g/mol. The Morgan fingerprint density at radius 1 is 1.36 bits per heavy atom. The van der Waals surface area contributed by atoms with Gasteiger partial charge in [-0.05, 0) is 43.4 Å². The van der Waals surface area contributed by atoms with Crippen molar-refractivity contribution in [2.45, 2.75) is 32.1 Å². The van der Waals surface area contributed by atoms with Crippen molar-refractivity contribution in [2.24, 2.45) is 17.1 Å². The number of hydrogen-bond acceptors (Lipinski definition) is 4. The Kier molecular flexibility index (Phi) is 5.27. The van der Waals surface area contributed by atoms with Crippen LogP contribution in [0.15, 0.2) is 24.3 Å². The van der Waals surface area contributed by atoms with Gasteiger partial charge in [-0.25, -0.2) is 0 Å². The maximum absolute atomic E-state index is 12.9. The Morgan fingerprint density at radius 3 is 2.84 bits per heavy atom. The molecule has 0 bridgehead atoms. The van der Waals surface area contributed by atoms with E-state index in [9.17, 15) is 14.7 Å². The second-order valence-electron chi connectivity index (χ2n) is 7.42. The molecule has 1 saturated carbocycles. The number of aliphatic hydroxyl groups is 1. The first-order valence-electron chi connectivity index (χ1n) is 8.93. The predicted octanol–water partition coefficient (Wildman–Crippen LogP) is 1.57. The van der Waals surface area contributed by atoms with Crippen LogP contribution < -0.4 is 10.5 Å². The number of nitrogens with zero attached hydrogens (tertiary/aromatic N) is 1. The van der Waals surface area contributed by atoms with Crippen LogP contribution in [-0.2, 0) is 4.79 Å². The maximum Gasteiger partial charge on any atom is 0.255 e. The number of nitrogens with two attached hydrogens (primary N) is 1. The fourth-order valence-corrected chi connectivity index (χ4v) is 3.73. The fourth-order valence-electron chi connectivity index (χ4n) is 3.73. The first-order chi connectivity index (χ1) is 12.0. The van der Waals surface area contributed by atoms with Gasteiger partial charge in [-0.1, -0.05) is 18.9 Å². The van der Waals surface area contributed by atoms with Crippen LogP contribution in [0, 0.1) is 11.3 Å². The molecule has 136 valence electrons. The van der Waals surface area contributed by atoms with E-state index in [0.717, 1.165) is 19.3 Å². The van der Waals surface area contributed by atoms with E-state index in [1.807, 2.05) is 4.90 Å². The maximum atomic E-state index is 12.9. The Bertz CT molecular complexity index is 644.